The molecule has 0 N–H and O–H groups in total. The molecule has 0 aliphatic carbocycles. The van der Waals surface area contributed by atoms with Crippen LogP contribution in [0.4, 0.5) is 0 Å². The molecule has 1 atom stereocenters. The number of rotatable bonds is 4. The molecule has 0 spiro atoms. The topological polar surface area (TPSA) is 38.1 Å². The first-order valence-corrected chi connectivity index (χ1v) is 7.33. The maximum atomic E-state index is 11.5. The van der Waals surface area contributed by atoms with Crippen LogP contribution < -0.4 is 0 Å². The summed E-state index contributed by atoms with van der Waals surface area (Å²) in [6.07, 6.45) is 2.95. The number of hydrogen-bond donors (Lipinski definition) is 0. The predicted molar refractivity (Wildman–Crippen MR) is 76.3 cm³/mol. The fraction of sp³-hybridized carbons (Fsp3) is 0.714. The van der Waals surface area contributed by atoms with Gasteiger partial charge in [-0.15, -0.1) is 0 Å². The Kier molecular flexibility index (Phi) is 4.63. The third kappa shape index (κ3) is 3.18. The first-order valence-electron chi connectivity index (χ1n) is 6.96. The molecule has 1 fully saturated rings. The van der Waals surface area contributed by atoms with Gasteiger partial charge in [0, 0.05) is 26.1 Å². The molecule has 0 aromatic carbocycles. The summed E-state index contributed by atoms with van der Waals surface area (Å²) in [5.74, 6) is 0.487. The smallest absolute Gasteiger partial charge is 0.134 e. The minimum absolute atomic E-state index is 0.186. The molecule has 1 aromatic heterocycles. The van der Waals surface area contributed by atoms with Gasteiger partial charge in [-0.25, -0.2) is 0 Å². The van der Waals surface area contributed by atoms with Crippen molar-refractivity contribution in [2.75, 3.05) is 13.1 Å². The standard InChI is InChI=1S/C14H22ClN3O/c1-4-12-14(15)13(17(3)16-12)9-18-7-5-6-11(8-18)10(2)19/h11H,4-9H2,1-3H3. The second kappa shape index (κ2) is 6.06. The van der Waals surface area contributed by atoms with Crippen molar-refractivity contribution in [2.24, 2.45) is 13.0 Å². The third-order valence-electron chi connectivity index (χ3n) is 3.96. The zero-order valence-electron chi connectivity index (χ0n) is 11.9. The van der Waals surface area contributed by atoms with Gasteiger partial charge in [0.15, 0.2) is 0 Å². The van der Waals surface area contributed by atoms with E-state index in [0.29, 0.717) is 5.78 Å². The van der Waals surface area contributed by atoms with Crippen molar-refractivity contribution in [1.29, 1.82) is 0 Å². The van der Waals surface area contributed by atoms with E-state index in [2.05, 4.69) is 16.9 Å². The number of hydrogen-bond acceptors (Lipinski definition) is 3. The molecule has 0 bridgehead atoms. The summed E-state index contributed by atoms with van der Waals surface area (Å²) >= 11 is 6.37. The lowest BCUT2D eigenvalue weighted by Gasteiger charge is -2.31. The normalized spacial score (nSPS) is 20.7. The summed E-state index contributed by atoms with van der Waals surface area (Å²) in [5.41, 5.74) is 2.02. The summed E-state index contributed by atoms with van der Waals surface area (Å²) in [5, 5.41) is 5.23. The number of carbonyl (C=O) groups is 1. The van der Waals surface area contributed by atoms with E-state index in [4.69, 9.17) is 11.6 Å². The van der Waals surface area contributed by atoms with E-state index in [1.165, 1.54) is 0 Å². The SMILES string of the molecule is CCc1nn(C)c(CN2CCCC(C(C)=O)C2)c1Cl. The molecule has 2 heterocycles. The molecule has 1 aliphatic rings. The van der Waals surface area contributed by atoms with Gasteiger partial charge in [-0.1, -0.05) is 18.5 Å². The maximum Gasteiger partial charge on any atom is 0.134 e. The second-order valence-corrected chi connectivity index (χ2v) is 5.75. The molecular formula is C14H22ClN3O. The molecule has 1 saturated heterocycles. The molecule has 0 amide bonds. The summed E-state index contributed by atoms with van der Waals surface area (Å²) in [6, 6.07) is 0. The van der Waals surface area contributed by atoms with Gasteiger partial charge in [0.25, 0.3) is 0 Å². The predicted octanol–water partition coefficient (Wildman–Crippen LogP) is 2.44. The van der Waals surface area contributed by atoms with E-state index in [1.807, 2.05) is 11.7 Å². The van der Waals surface area contributed by atoms with Crippen LogP contribution in [0.25, 0.3) is 0 Å². The average molecular weight is 284 g/mol. The van der Waals surface area contributed by atoms with Crippen LogP contribution in [0.5, 0.6) is 0 Å². The van der Waals surface area contributed by atoms with Crippen LogP contribution in [0, 0.1) is 5.92 Å². The van der Waals surface area contributed by atoms with Gasteiger partial charge >= 0.3 is 0 Å². The van der Waals surface area contributed by atoms with Gasteiger partial charge < -0.3 is 0 Å². The Labute approximate surface area is 119 Å². The Bertz CT molecular complexity index is 470. The number of halogens is 1. The highest BCUT2D eigenvalue weighted by atomic mass is 35.5. The van der Waals surface area contributed by atoms with Crippen molar-refractivity contribution in [3.63, 3.8) is 0 Å². The fourth-order valence-electron chi connectivity index (χ4n) is 2.73. The van der Waals surface area contributed by atoms with Crippen molar-refractivity contribution in [1.82, 2.24) is 14.7 Å². The van der Waals surface area contributed by atoms with E-state index in [-0.39, 0.29) is 5.92 Å². The third-order valence-corrected chi connectivity index (χ3v) is 4.39. The van der Waals surface area contributed by atoms with Crippen LogP contribution in [-0.2, 0) is 24.8 Å². The van der Waals surface area contributed by atoms with Crippen molar-refractivity contribution in [2.45, 2.75) is 39.7 Å². The lowest BCUT2D eigenvalue weighted by molar-refractivity contribution is -0.122. The Morgan fingerprint density at radius 1 is 1.53 bits per heavy atom. The highest BCUT2D eigenvalue weighted by Gasteiger charge is 2.25. The Hall–Kier alpha value is -0.870. The molecule has 0 saturated carbocycles. The summed E-state index contributed by atoms with van der Waals surface area (Å²) in [4.78, 5) is 13.8. The summed E-state index contributed by atoms with van der Waals surface area (Å²) in [6.45, 7) is 6.42. The molecule has 1 unspecified atom stereocenters. The first kappa shape index (κ1) is 14.5. The molecule has 2 rings (SSSR count). The second-order valence-electron chi connectivity index (χ2n) is 5.37. The van der Waals surface area contributed by atoms with Crippen molar-refractivity contribution < 1.29 is 4.79 Å². The summed E-state index contributed by atoms with van der Waals surface area (Å²) < 4.78 is 1.87. The van der Waals surface area contributed by atoms with Gasteiger partial charge in [0.05, 0.1) is 16.4 Å². The molecule has 0 radical (unpaired) electrons. The van der Waals surface area contributed by atoms with E-state index < -0.39 is 0 Å². The highest BCUT2D eigenvalue weighted by Crippen LogP contribution is 2.25. The van der Waals surface area contributed by atoms with Crippen LogP contribution in [0.1, 0.15) is 38.1 Å². The van der Waals surface area contributed by atoms with Gasteiger partial charge in [-0.3, -0.25) is 14.4 Å². The largest absolute Gasteiger partial charge is 0.300 e. The van der Waals surface area contributed by atoms with Crippen LogP contribution in [0.2, 0.25) is 5.02 Å². The van der Waals surface area contributed by atoms with Gasteiger partial charge in [-0.05, 0) is 32.7 Å². The number of ketones is 1. The minimum Gasteiger partial charge on any atom is -0.300 e. The molecule has 1 aromatic rings. The van der Waals surface area contributed by atoms with Crippen molar-refractivity contribution in [3.05, 3.63) is 16.4 Å². The van der Waals surface area contributed by atoms with Crippen LogP contribution in [0.15, 0.2) is 0 Å². The van der Waals surface area contributed by atoms with Gasteiger partial charge in [0.2, 0.25) is 0 Å². The molecule has 4 nitrogen and oxygen atoms in total. The number of aryl methyl sites for hydroxylation is 2. The number of aromatic nitrogens is 2. The highest BCUT2D eigenvalue weighted by molar-refractivity contribution is 6.31. The monoisotopic (exact) mass is 283 g/mol. The van der Waals surface area contributed by atoms with E-state index in [1.54, 1.807) is 6.92 Å². The molecule has 5 heteroatoms. The summed E-state index contributed by atoms with van der Waals surface area (Å²) in [7, 11) is 1.94. The van der Waals surface area contributed by atoms with Crippen LogP contribution >= 0.6 is 11.6 Å². The number of likely N-dealkylation sites (tertiary alicyclic amines) is 1. The van der Waals surface area contributed by atoms with Crippen molar-refractivity contribution >= 4 is 17.4 Å². The van der Waals surface area contributed by atoms with Crippen LogP contribution in [0.3, 0.4) is 0 Å². The molecule has 19 heavy (non-hydrogen) atoms. The molecular weight excluding hydrogens is 262 g/mol. The zero-order valence-corrected chi connectivity index (χ0v) is 12.7. The zero-order chi connectivity index (χ0) is 14.0. The Balaban J connectivity index is 2.08. The number of carbonyl (C=O) groups excluding carboxylic acids is 1. The first-order chi connectivity index (χ1) is 9.02. The number of Topliss-reactive ketones (excluding diaryl/α,β-unsaturated/α-hetero) is 1. The van der Waals surface area contributed by atoms with E-state index in [9.17, 15) is 4.79 Å². The van der Waals surface area contributed by atoms with E-state index in [0.717, 1.165) is 55.3 Å². The van der Waals surface area contributed by atoms with E-state index >= 15 is 0 Å². The molecule has 1 aliphatic heterocycles. The lowest BCUT2D eigenvalue weighted by atomic mass is 9.94. The van der Waals surface area contributed by atoms with Crippen molar-refractivity contribution in [3.8, 4) is 0 Å². The van der Waals surface area contributed by atoms with Crippen LogP contribution in [-0.4, -0.2) is 33.6 Å². The molecule has 106 valence electrons. The quantitative estimate of drug-likeness (QED) is 0.852. The Morgan fingerprint density at radius 3 is 2.84 bits per heavy atom. The lowest BCUT2D eigenvalue weighted by Crippen LogP contribution is -2.38. The Morgan fingerprint density at radius 2 is 2.26 bits per heavy atom. The fourth-order valence-corrected chi connectivity index (χ4v) is 3.09. The maximum absolute atomic E-state index is 11.5. The minimum atomic E-state index is 0.186. The number of nitrogens with zero attached hydrogens (tertiary/aromatic N) is 3. The number of piperidine rings is 1. The average Bonchev–Trinajstić information content (AvgIpc) is 2.66. The van der Waals surface area contributed by atoms with Gasteiger partial charge in [0.1, 0.15) is 5.78 Å². The van der Waals surface area contributed by atoms with Gasteiger partial charge in [-0.2, -0.15) is 5.10 Å².